The molecule has 0 fully saturated rings. The van der Waals surface area contributed by atoms with Crippen molar-refractivity contribution < 1.29 is 9.59 Å². The Hall–Kier alpha value is -3.64. The molecule has 0 saturated carbocycles. The van der Waals surface area contributed by atoms with E-state index >= 15 is 0 Å². The number of H-pyrrole nitrogens is 2. The summed E-state index contributed by atoms with van der Waals surface area (Å²) in [5, 5.41) is 3.59. The topological polar surface area (TPSA) is 72.2 Å². The molecule has 0 spiro atoms. The van der Waals surface area contributed by atoms with Gasteiger partial charge in [-0.2, -0.15) is 0 Å². The van der Waals surface area contributed by atoms with Crippen LogP contribution >= 0.6 is 0 Å². The molecule has 0 bridgehead atoms. The van der Waals surface area contributed by atoms with Crippen molar-refractivity contribution in [3.05, 3.63) is 59.7 Å². The maximum atomic E-state index is 13.7. The number of amides is 2. The van der Waals surface area contributed by atoms with Crippen molar-refractivity contribution in [2.75, 3.05) is 26.2 Å². The third kappa shape index (κ3) is 2.44. The smallest absolute Gasteiger partial charge is 0.262 e. The van der Waals surface area contributed by atoms with Crippen LogP contribution in [-0.2, 0) is 0 Å². The van der Waals surface area contributed by atoms with E-state index < -0.39 is 0 Å². The van der Waals surface area contributed by atoms with Crippen molar-refractivity contribution in [2.45, 2.75) is 13.8 Å². The zero-order chi connectivity index (χ0) is 22.0. The number of para-hydroxylation sites is 2. The number of hydrogen-bond acceptors (Lipinski definition) is 3. The molecule has 2 N–H and O–H groups in total. The van der Waals surface area contributed by atoms with E-state index in [1.807, 2.05) is 48.5 Å². The van der Waals surface area contributed by atoms with Gasteiger partial charge in [-0.1, -0.05) is 50.2 Å². The summed E-state index contributed by atoms with van der Waals surface area (Å²) < 4.78 is 0. The van der Waals surface area contributed by atoms with Crippen molar-refractivity contribution in [3.63, 3.8) is 0 Å². The van der Waals surface area contributed by atoms with Crippen molar-refractivity contribution in [1.29, 1.82) is 0 Å². The lowest BCUT2D eigenvalue weighted by molar-refractivity contribution is 0.0639. The van der Waals surface area contributed by atoms with Crippen LogP contribution in [0.1, 0.15) is 34.6 Å². The van der Waals surface area contributed by atoms with Gasteiger partial charge in [-0.3, -0.25) is 14.5 Å². The van der Waals surface area contributed by atoms with Gasteiger partial charge in [0.05, 0.1) is 22.2 Å². The first kappa shape index (κ1) is 19.1. The Bertz CT molecular complexity index is 1450. The highest BCUT2D eigenvalue weighted by Gasteiger charge is 2.40. The van der Waals surface area contributed by atoms with Crippen LogP contribution in [0.4, 0.5) is 0 Å². The fraction of sp³-hybridized carbons (Fsp3) is 0.231. The summed E-state index contributed by atoms with van der Waals surface area (Å²) in [4.78, 5) is 38.1. The van der Waals surface area contributed by atoms with Gasteiger partial charge in [0, 0.05) is 45.7 Å². The molecule has 3 aromatic carbocycles. The Morgan fingerprint density at radius 2 is 1.22 bits per heavy atom. The molecule has 0 unspecified atom stereocenters. The molecule has 1 aliphatic heterocycles. The quantitative estimate of drug-likeness (QED) is 0.395. The lowest BCUT2D eigenvalue weighted by Crippen LogP contribution is -2.38. The standard InChI is InChI=1S/C26H24N4O2/c1-3-29(4-2)13-14-30-25(31)21-19-15-9-5-7-11-17(15)27-23(19)24-20(22(21)26(30)32)16-10-6-8-12-18(16)28-24/h5-12,27-28H,3-4,13-14H2,1-2H3. The summed E-state index contributed by atoms with van der Waals surface area (Å²) in [6.07, 6.45) is 0. The minimum Gasteiger partial charge on any atom is -0.353 e. The molecule has 6 nitrogen and oxygen atoms in total. The molecule has 5 aromatic rings. The lowest BCUT2D eigenvalue weighted by atomic mass is 9.97. The number of aromatic amines is 2. The molecule has 2 amide bonds. The Kier molecular flexibility index (Phi) is 4.13. The molecule has 0 atom stereocenters. The van der Waals surface area contributed by atoms with Gasteiger partial charge < -0.3 is 14.9 Å². The monoisotopic (exact) mass is 424 g/mol. The van der Waals surface area contributed by atoms with Gasteiger partial charge in [0.2, 0.25) is 0 Å². The van der Waals surface area contributed by atoms with Crippen LogP contribution in [-0.4, -0.2) is 57.8 Å². The van der Waals surface area contributed by atoms with Crippen LogP contribution < -0.4 is 0 Å². The number of nitrogens with one attached hydrogen (secondary N) is 2. The second-order valence-electron chi connectivity index (χ2n) is 8.38. The second kappa shape index (κ2) is 6.93. The predicted molar refractivity (Wildman–Crippen MR) is 128 cm³/mol. The molecular formula is C26H24N4O2. The van der Waals surface area contributed by atoms with Crippen LogP contribution in [0, 0.1) is 0 Å². The number of likely N-dealkylation sites (N-methyl/N-ethyl adjacent to an activating group) is 1. The molecule has 32 heavy (non-hydrogen) atoms. The number of carbonyl (C=O) groups excluding carboxylic acids is 2. The van der Waals surface area contributed by atoms with E-state index in [0.29, 0.717) is 24.2 Å². The van der Waals surface area contributed by atoms with E-state index in [1.165, 1.54) is 4.90 Å². The van der Waals surface area contributed by atoms with Gasteiger partial charge in [-0.05, 0) is 25.2 Å². The highest BCUT2D eigenvalue weighted by Crippen LogP contribution is 2.43. The van der Waals surface area contributed by atoms with Crippen LogP contribution in [0.15, 0.2) is 48.5 Å². The first-order chi connectivity index (χ1) is 15.6. The number of benzene rings is 3. The Balaban J connectivity index is 1.68. The normalized spacial score (nSPS) is 14.2. The number of imide groups is 1. The predicted octanol–water partition coefficient (Wildman–Crippen LogP) is 4.89. The average Bonchev–Trinajstić information content (AvgIpc) is 3.45. The van der Waals surface area contributed by atoms with E-state index in [-0.39, 0.29) is 11.8 Å². The van der Waals surface area contributed by atoms with Crippen LogP contribution in [0.2, 0.25) is 0 Å². The molecule has 3 heterocycles. The Morgan fingerprint density at radius 3 is 1.69 bits per heavy atom. The lowest BCUT2D eigenvalue weighted by Gasteiger charge is -2.21. The minimum atomic E-state index is -0.195. The van der Waals surface area contributed by atoms with Crippen LogP contribution in [0.5, 0.6) is 0 Å². The molecule has 6 heteroatoms. The van der Waals surface area contributed by atoms with Gasteiger partial charge in [0.1, 0.15) is 0 Å². The molecule has 6 rings (SSSR count). The third-order valence-electron chi connectivity index (χ3n) is 6.86. The summed E-state index contributed by atoms with van der Waals surface area (Å²) in [7, 11) is 0. The van der Waals surface area contributed by atoms with Crippen molar-refractivity contribution in [3.8, 4) is 0 Å². The van der Waals surface area contributed by atoms with Crippen molar-refractivity contribution >= 4 is 55.4 Å². The SMILES string of the molecule is CCN(CC)CCN1C(=O)c2c(c3c4ccccc4[nH]c3c3[nH]c4ccccc4c23)C1=O. The zero-order valence-corrected chi connectivity index (χ0v) is 18.2. The van der Waals surface area contributed by atoms with Gasteiger partial charge in [0.25, 0.3) is 11.8 Å². The summed E-state index contributed by atoms with van der Waals surface area (Å²) in [6, 6.07) is 15.9. The molecular weight excluding hydrogens is 400 g/mol. The van der Waals surface area contributed by atoms with Crippen LogP contribution in [0.25, 0.3) is 43.6 Å². The maximum absolute atomic E-state index is 13.7. The van der Waals surface area contributed by atoms with Crippen molar-refractivity contribution in [2.24, 2.45) is 0 Å². The largest absolute Gasteiger partial charge is 0.353 e. The van der Waals surface area contributed by atoms with Gasteiger partial charge in [0.15, 0.2) is 0 Å². The Labute approximate surface area is 184 Å². The molecule has 1 aliphatic rings. The molecule has 2 aromatic heterocycles. The van der Waals surface area contributed by atoms with Gasteiger partial charge in [-0.15, -0.1) is 0 Å². The molecule has 0 radical (unpaired) electrons. The Morgan fingerprint density at radius 1 is 0.750 bits per heavy atom. The highest BCUT2D eigenvalue weighted by atomic mass is 16.2. The number of hydrogen-bond donors (Lipinski definition) is 2. The summed E-state index contributed by atoms with van der Waals surface area (Å²) in [5.41, 5.74) is 4.72. The molecule has 0 saturated heterocycles. The highest BCUT2D eigenvalue weighted by molar-refractivity contribution is 6.39. The number of aromatic nitrogens is 2. The third-order valence-corrected chi connectivity index (χ3v) is 6.86. The first-order valence-electron chi connectivity index (χ1n) is 11.2. The van der Waals surface area contributed by atoms with Crippen molar-refractivity contribution in [1.82, 2.24) is 19.8 Å². The average molecular weight is 425 g/mol. The van der Waals surface area contributed by atoms with Gasteiger partial charge in [-0.25, -0.2) is 0 Å². The minimum absolute atomic E-state index is 0.195. The maximum Gasteiger partial charge on any atom is 0.262 e. The van der Waals surface area contributed by atoms with Crippen LogP contribution in [0.3, 0.4) is 0 Å². The number of fused-ring (bicyclic) bond motifs is 10. The fourth-order valence-electron chi connectivity index (χ4n) is 5.20. The summed E-state index contributed by atoms with van der Waals surface area (Å²) in [5.74, 6) is -0.391. The number of rotatable bonds is 5. The number of nitrogens with zero attached hydrogens (tertiary/aromatic N) is 2. The zero-order valence-electron chi connectivity index (χ0n) is 18.2. The second-order valence-corrected chi connectivity index (χ2v) is 8.38. The van der Waals surface area contributed by atoms with E-state index in [1.54, 1.807) is 0 Å². The van der Waals surface area contributed by atoms with Gasteiger partial charge >= 0.3 is 0 Å². The fourth-order valence-corrected chi connectivity index (χ4v) is 5.20. The van der Waals surface area contributed by atoms with E-state index in [0.717, 1.165) is 56.7 Å². The first-order valence-corrected chi connectivity index (χ1v) is 11.2. The summed E-state index contributed by atoms with van der Waals surface area (Å²) in [6.45, 7) is 7.03. The van der Waals surface area contributed by atoms with E-state index in [4.69, 9.17) is 0 Å². The number of carbonyl (C=O) groups is 2. The van der Waals surface area contributed by atoms with E-state index in [2.05, 4.69) is 28.7 Å². The summed E-state index contributed by atoms with van der Waals surface area (Å²) >= 11 is 0. The molecule has 160 valence electrons. The van der Waals surface area contributed by atoms with E-state index in [9.17, 15) is 9.59 Å². The molecule has 0 aliphatic carbocycles.